The Hall–Kier alpha value is -6.27. The van der Waals surface area contributed by atoms with Crippen molar-refractivity contribution < 1.29 is 21.8 Å². The van der Waals surface area contributed by atoms with Gasteiger partial charge in [-0.2, -0.15) is 4.57 Å². The number of fused-ring (bicyclic) bond motifs is 6. The first-order chi connectivity index (χ1) is 24.8. The first-order valence-electron chi connectivity index (χ1n) is 16.7. The molecular weight excluding hydrogens is 641 g/mol. The standard InChI is InChI=1S/C45H30N.BF4/c1-5-13-31(14-6-1)34-21-25-39-36(29-34)23-27-41-44(39)43(33-17-9-3-10-18-33)45-40-26-22-35(32-15-7-2-8-16-32)30-37(40)24-28-42(45)46(41)38-19-11-4-12-20-38;2-1(3,4)5/h1-30H;/q+1;-1. The zero-order valence-corrected chi connectivity index (χ0v) is 27.4. The van der Waals surface area contributed by atoms with E-state index in [1.54, 1.807) is 0 Å². The van der Waals surface area contributed by atoms with Crippen LogP contribution < -0.4 is 4.57 Å². The van der Waals surface area contributed by atoms with Crippen LogP contribution in [0.25, 0.3) is 82.4 Å². The van der Waals surface area contributed by atoms with Gasteiger partial charge in [-0.15, -0.1) is 0 Å². The second-order valence-corrected chi connectivity index (χ2v) is 12.4. The Morgan fingerprint density at radius 2 is 0.725 bits per heavy atom. The van der Waals surface area contributed by atoms with Gasteiger partial charge >= 0.3 is 7.25 Å². The smallest absolute Gasteiger partial charge is 0.418 e. The monoisotopic (exact) mass is 671 g/mol. The molecule has 8 aromatic carbocycles. The summed E-state index contributed by atoms with van der Waals surface area (Å²) in [6, 6.07) is 66.1. The molecule has 9 rings (SSSR count). The summed E-state index contributed by atoms with van der Waals surface area (Å²) in [4.78, 5) is 0. The highest BCUT2D eigenvalue weighted by molar-refractivity contribution is 6.50. The number of halogens is 4. The average Bonchev–Trinajstić information content (AvgIpc) is 3.17. The molecule has 1 aromatic heterocycles. The molecule has 246 valence electrons. The Morgan fingerprint density at radius 3 is 1.14 bits per heavy atom. The summed E-state index contributed by atoms with van der Waals surface area (Å²) in [7, 11) is -6.00. The number of rotatable bonds is 4. The minimum atomic E-state index is -6.00. The first kappa shape index (κ1) is 32.0. The van der Waals surface area contributed by atoms with Gasteiger partial charge in [0.25, 0.3) is 0 Å². The van der Waals surface area contributed by atoms with Crippen LogP contribution in [0.15, 0.2) is 182 Å². The van der Waals surface area contributed by atoms with Gasteiger partial charge in [0, 0.05) is 29.8 Å². The lowest BCUT2D eigenvalue weighted by Gasteiger charge is -2.17. The number of hydrogen-bond acceptors (Lipinski definition) is 0. The van der Waals surface area contributed by atoms with Gasteiger partial charge in [-0.3, -0.25) is 0 Å². The van der Waals surface area contributed by atoms with Crippen molar-refractivity contribution >= 4 is 50.6 Å². The van der Waals surface area contributed by atoms with E-state index in [0.29, 0.717) is 0 Å². The van der Waals surface area contributed by atoms with Crippen molar-refractivity contribution in [3.8, 4) is 39.1 Å². The van der Waals surface area contributed by atoms with Gasteiger partial charge in [-0.25, -0.2) is 0 Å². The van der Waals surface area contributed by atoms with Crippen molar-refractivity contribution in [1.82, 2.24) is 0 Å². The predicted molar refractivity (Wildman–Crippen MR) is 204 cm³/mol. The maximum atomic E-state index is 9.75. The highest BCUT2D eigenvalue weighted by Gasteiger charge is 2.26. The van der Waals surface area contributed by atoms with Crippen LogP contribution in [0.1, 0.15) is 0 Å². The summed E-state index contributed by atoms with van der Waals surface area (Å²) in [5.41, 5.74) is 10.9. The molecule has 0 fully saturated rings. The van der Waals surface area contributed by atoms with Crippen molar-refractivity contribution in [1.29, 1.82) is 0 Å². The Labute approximate surface area is 292 Å². The summed E-state index contributed by atoms with van der Waals surface area (Å²) in [6.45, 7) is 0. The Bertz CT molecular complexity index is 2520. The summed E-state index contributed by atoms with van der Waals surface area (Å²) < 4.78 is 41.5. The lowest BCUT2D eigenvalue weighted by Crippen LogP contribution is -2.33. The van der Waals surface area contributed by atoms with Gasteiger partial charge in [-0.1, -0.05) is 133 Å². The molecule has 0 bridgehead atoms. The average molecular weight is 672 g/mol. The highest BCUT2D eigenvalue weighted by Crippen LogP contribution is 2.42. The van der Waals surface area contributed by atoms with Crippen LogP contribution in [0.5, 0.6) is 0 Å². The van der Waals surface area contributed by atoms with E-state index < -0.39 is 7.25 Å². The second-order valence-electron chi connectivity index (χ2n) is 12.4. The van der Waals surface area contributed by atoms with Gasteiger partial charge in [0.05, 0.1) is 10.8 Å². The van der Waals surface area contributed by atoms with Gasteiger partial charge in [-0.05, 0) is 73.6 Å². The molecule has 0 saturated heterocycles. The van der Waals surface area contributed by atoms with E-state index in [0.717, 1.165) is 5.69 Å². The predicted octanol–water partition coefficient (Wildman–Crippen LogP) is 12.9. The van der Waals surface area contributed by atoms with Crippen molar-refractivity contribution in [2.24, 2.45) is 0 Å². The van der Waals surface area contributed by atoms with Crippen LogP contribution in [0, 0.1) is 0 Å². The normalized spacial score (nSPS) is 11.5. The molecule has 1 nitrogen and oxygen atoms in total. The number of para-hydroxylation sites is 1. The lowest BCUT2D eigenvalue weighted by molar-refractivity contribution is -0.537. The zero-order chi connectivity index (χ0) is 35.0. The molecule has 6 heteroatoms. The van der Waals surface area contributed by atoms with Crippen LogP contribution in [-0.4, -0.2) is 7.25 Å². The maximum absolute atomic E-state index is 9.75. The number of pyridine rings is 1. The summed E-state index contributed by atoms with van der Waals surface area (Å²) >= 11 is 0. The number of benzene rings is 8. The second kappa shape index (κ2) is 13.2. The molecular formula is C45H30BF4N. The number of aromatic nitrogens is 1. The molecule has 1 heterocycles. The van der Waals surface area contributed by atoms with E-state index >= 15 is 0 Å². The van der Waals surface area contributed by atoms with Crippen LogP contribution in [0.3, 0.4) is 0 Å². The SMILES string of the molecule is F[B-](F)(F)F.c1ccc(-c2ccc3c(ccc4c3c(-c3ccccc3)c3c5ccc(-c6ccccc6)cc5ccc3[n+]4-c3ccccc3)c2)cc1. The number of hydrogen-bond donors (Lipinski definition) is 0. The Kier molecular flexibility index (Phi) is 8.29. The summed E-state index contributed by atoms with van der Waals surface area (Å²) in [6.07, 6.45) is 0. The van der Waals surface area contributed by atoms with Crippen molar-refractivity contribution in [3.63, 3.8) is 0 Å². The van der Waals surface area contributed by atoms with E-state index in [1.807, 2.05) is 0 Å². The Morgan fingerprint density at radius 1 is 0.353 bits per heavy atom. The van der Waals surface area contributed by atoms with Gasteiger partial charge < -0.3 is 17.3 Å². The molecule has 0 unspecified atom stereocenters. The molecule has 0 spiro atoms. The quantitative estimate of drug-likeness (QED) is 0.0577. The fourth-order valence-electron chi connectivity index (χ4n) is 7.16. The lowest BCUT2D eigenvalue weighted by atomic mass is 9.88. The van der Waals surface area contributed by atoms with E-state index in [2.05, 4.69) is 187 Å². The fraction of sp³-hybridized carbons (Fsp3) is 0. The zero-order valence-electron chi connectivity index (χ0n) is 27.4. The molecule has 51 heavy (non-hydrogen) atoms. The molecule has 0 atom stereocenters. The molecule has 0 saturated carbocycles. The topological polar surface area (TPSA) is 3.88 Å². The third kappa shape index (κ3) is 6.33. The van der Waals surface area contributed by atoms with Crippen LogP contribution in [0.2, 0.25) is 0 Å². The van der Waals surface area contributed by atoms with E-state index in [-0.39, 0.29) is 0 Å². The third-order valence-electron chi connectivity index (χ3n) is 9.27. The maximum Gasteiger partial charge on any atom is 0.673 e. The van der Waals surface area contributed by atoms with Crippen LogP contribution in [0.4, 0.5) is 17.3 Å². The van der Waals surface area contributed by atoms with Gasteiger partial charge in [0.1, 0.15) is 0 Å². The van der Waals surface area contributed by atoms with Crippen molar-refractivity contribution in [2.75, 3.05) is 0 Å². The summed E-state index contributed by atoms with van der Waals surface area (Å²) in [5, 5.41) is 7.49. The van der Waals surface area contributed by atoms with Gasteiger partial charge in [0.2, 0.25) is 16.7 Å². The Balaban J connectivity index is 0.000000702. The number of nitrogens with zero attached hydrogens (tertiary/aromatic N) is 1. The van der Waals surface area contributed by atoms with Crippen LogP contribution in [-0.2, 0) is 0 Å². The largest absolute Gasteiger partial charge is 0.673 e. The van der Waals surface area contributed by atoms with Crippen molar-refractivity contribution in [3.05, 3.63) is 182 Å². The summed E-state index contributed by atoms with van der Waals surface area (Å²) in [5.74, 6) is 0. The van der Waals surface area contributed by atoms with Gasteiger partial charge in [0.15, 0.2) is 0 Å². The molecule has 0 radical (unpaired) electrons. The highest BCUT2D eigenvalue weighted by atomic mass is 19.5. The molecule has 0 aliphatic rings. The van der Waals surface area contributed by atoms with Crippen LogP contribution >= 0.6 is 0 Å². The van der Waals surface area contributed by atoms with E-state index in [9.17, 15) is 17.3 Å². The minimum absolute atomic E-state index is 1.15. The van der Waals surface area contributed by atoms with E-state index in [4.69, 9.17) is 0 Å². The molecule has 0 aliphatic heterocycles. The fourth-order valence-corrected chi connectivity index (χ4v) is 7.16. The van der Waals surface area contributed by atoms with E-state index in [1.165, 1.54) is 76.7 Å². The molecule has 0 amide bonds. The first-order valence-corrected chi connectivity index (χ1v) is 16.7. The molecule has 0 aliphatic carbocycles. The van der Waals surface area contributed by atoms with Crippen molar-refractivity contribution in [2.45, 2.75) is 0 Å². The third-order valence-corrected chi connectivity index (χ3v) is 9.27. The molecule has 0 N–H and O–H groups in total. The minimum Gasteiger partial charge on any atom is -0.418 e. The molecule has 9 aromatic rings.